The summed E-state index contributed by atoms with van der Waals surface area (Å²) in [6, 6.07) is 3.63. The van der Waals surface area contributed by atoms with Gasteiger partial charge in [0.05, 0.1) is 11.2 Å². The summed E-state index contributed by atoms with van der Waals surface area (Å²) in [4.78, 5) is 33.8. The van der Waals surface area contributed by atoms with Crippen LogP contribution in [-0.4, -0.2) is 47.7 Å². The number of hydrogen-bond donors (Lipinski definition) is 1. The Morgan fingerprint density at radius 2 is 2.00 bits per heavy atom. The van der Waals surface area contributed by atoms with E-state index >= 15 is 0 Å². The average Bonchev–Trinajstić information content (AvgIpc) is 2.55. The second-order valence-corrected chi connectivity index (χ2v) is 7.25. The van der Waals surface area contributed by atoms with Crippen molar-refractivity contribution in [1.29, 1.82) is 0 Å². The quantitative estimate of drug-likeness (QED) is 0.673. The molecule has 0 bridgehead atoms. The molecule has 1 N–H and O–H groups in total. The van der Waals surface area contributed by atoms with Gasteiger partial charge in [-0.3, -0.25) is 9.59 Å². The maximum Gasteiger partial charge on any atom is 0.277 e. The van der Waals surface area contributed by atoms with Crippen LogP contribution in [-0.2, 0) is 11.8 Å². The van der Waals surface area contributed by atoms with Crippen LogP contribution in [0.5, 0.6) is 0 Å². The van der Waals surface area contributed by atoms with E-state index in [2.05, 4.69) is 33.2 Å². The summed E-state index contributed by atoms with van der Waals surface area (Å²) >= 11 is 3.42. The van der Waals surface area contributed by atoms with Crippen molar-refractivity contribution in [3.63, 3.8) is 0 Å². The SMILES string of the molecule is C[C@@H]1CN2c3c(c(=O)n(C)c4ccc(Br)nc34)N(C)C(=O)[C@H]2CN1. The Labute approximate surface area is 147 Å². The minimum Gasteiger partial charge on any atom is -0.353 e. The van der Waals surface area contributed by atoms with Crippen molar-refractivity contribution in [3.8, 4) is 0 Å². The van der Waals surface area contributed by atoms with E-state index in [9.17, 15) is 9.59 Å². The largest absolute Gasteiger partial charge is 0.353 e. The molecule has 2 atom stereocenters. The van der Waals surface area contributed by atoms with E-state index in [4.69, 9.17) is 0 Å². The number of rotatable bonds is 0. The van der Waals surface area contributed by atoms with Crippen LogP contribution in [0.15, 0.2) is 21.5 Å². The Morgan fingerprint density at radius 3 is 2.75 bits per heavy atom. The molecular weight excluding hydrogens is 374 g/mol. The van der Waals surface area contributed by atoms with Crippen LogP contribution < -0.4 is 20.7 Å². The first kappa shape index (κ1) is 15.6. The molecular formula is C16H18BrN5O2. The van der Waals surface area contributed by atoms with Gasteiger partial charge in [-0.25, -0.2) is 4.98 Å². The van der Waals surface area contributed by atoms with Gasteiger partial charge in [0, 0.05) is 33.2 Å². The third-order valence-corrected chi connectivity index (χ3v) is 5.34. The highest BCUT2D eigenvalue weighted by Gasteiger charge is 2.42. The molecule has 0 unspecified atom stereocenters. The van der Waals surface area contributed by atoms with Crippen LogP contribution in [0.3, 0.4) is 0 Å². The number of nitrogens with one attached hydrogen (secondary N) is 1. The number of anilines is 2. The van der Waals surface area contributed by atoms with E-state index in [1.54, 1.807) is 18.7 Å². The fourth-order valence-corrected chi connectivity index (χ4v) is 3.95. The average molecular weight is 392 g/mol. The van der Waals surface area contributed by atoms with Gasteiger partial charge in [-0.05, 0) is 35.0 Å². The van der Waals surface area contributed by atoms with Gasteiger partial charge in [0.15, 0.2) is 0 Å². The molecule has 126 valence electrons. The molecule has 2 aromatic rings. The number of amides is 1. The lowest BCUT2D eigenvalue weighted by Crippen LogP contribution is -2.64. The van der Waals surface area contributed by atoms with Crippen molar-refractivity contribution in [2.75, 3.05) is 29.9 Å². The first-order valence-corrected chi connectivity index (χ1v) is 8.66. The molecule has 2 aromatic heterocycles. The van der Waals surface area contributed by atoms with Crippen molar-refractivity contribution < 1.29 is 4.79 Å². The first-order chi connectivity index (χ1) is 11.4. The summed E-state index contributed by atoms with van der Waals surface area (Å²) in [6.07, 6.45) is 0. The van der Waals surface area contributed by atoms with Crippen LogP contribution in [0.2, 0.25) is 0 Å². The van der Waals surface area contributed by atoms with Gasteiger partial charge in [0.2, 0.25) is 0 Å². The van der Waals surface area contributed by atoms with Gasteiger partial charge in [0.1, 0.15) is 21.8 Å². The smallest absolute Gasteiger partial charge is 0.277 e. The fraction of sp³-hybridized carbons (Fsp3) is 0.438. The number of carbonyl (C=O) groups excluding carboxylic acids is 1. The number of fused-ring (bicyclic) bond motifs is 5. The number of carbonyl (C=O) groups is 1. The Bertz CT molecular complexity index is 925. The number of piperazine rings is 1. The van der Waals surface area contributed by atoms with Crippen LogP contribution >= 0.6 is 15.9 Å². The van der Waals surface area contributed by atoms with Crippen LogP contribution in [0.4, 0.5) is 11.4 Å². The van der Waals surface area contributed by atoms with Gasteiger partial charge < -0.3 is 19.7 Å². The highest BCUT2D eigenvalue weighted by molar-refractivity contribution is 9.10. The summed E-state index contributed by atoms with van der Waals surface area (Å²) in [6.45, 7) is 3.30. The van der Waals surface area contributed by atoms with E-state index in [0.29, 0.717) is 23.4 Å². The zero-order chi connectivity index (χ0) is 17.2. The van der Waals surface area contributed by atoms with Crippen molar-refractivity contribution in [2.24, 2.45) is 7.05 Å². The number of aromatic nitrogens is 2. The lowest BCUT2D eigenvalue weighted by atomic mass is 10.0. The monoisotopic (exact) mass is 391 g/mol. The maximum atomic E-state index is 12.9. The molecule has 1 amide bonds. The van der Waals surface area contributed by atoms with Gasteiger partial charge in [-0.1, -0.05) is 0 Å². The van der Waals surface area contributed by atoms with E-state index in [0.717, 1.165) is 16.7 Å². The van der Waals surface area contributed by atoms with Crippen molar-refractivity contribution >= 4 is 44.2 Å². The summed E-state index contributed by atoms with van der Waals surface area (Å²) in [5.41, 5.74) is 2.48. The van der Waals surface area contributed by atoms with Crippen LogP contribution in [0, 0.1) is 0 Å². The summed E-state index contributed by atoms with van der Waals surface area (Å²) < 4.78 is 2.26. The minimum absolute atomic E-state index is 0.0617. The van der Waals surface area contributed by atoms with Gasteiger partial charge >= 0.3 is 0 Å². The van der Waals surface area contributed by atoms with Crippen molar-refractivity contribution in [3.05, 3.63) is 27.1 Å². The molecule has 2 aliphatic rings. The second-order valence-electron chi connectivity index (χ2n) is 6.44. The maximum absolute atomic E-state index is 12.9. The molecule has 4 rings (SSSR count). The van der Waals surface area contributed by atoms with E-state index in [1.807, 2.05) is 17.0 Å². The highest BCUT2D eigenvalue weighted by atomic mass is 79.9. The number of hydrogen-bond acceptors (Lipinski definition) is 5. The number of aryl methyl sites for hydroxylation is 1. The third-order valence-electron chi connectivity index (χ3n) is 4.90. The molecule has 1 fully saturated rings. The van der Waals surface area contributed by atoms with E-state index in [-0.39, 0.29) is 23.6 Å². The Balaban J connectivity index is 2.12. The summed E-state index contributed by atoms with van der Waals surface area (Å²) in [5, 5.41) is 3.35. The summed E-state index contributed by atoms with van der Waals surface area (Å²) in [7, 11) is 3.38. The molecule has 4 heterocycles. The lowest BCUT2D eigenvalue weighted by Gasteiger charge is -2.46. The summed E-state index contributed by atoms with van der Waals surface area (Å²) in [5.74, 6) is -0.0617. The first-order valence-electron chi connectivity index (χ1n) is 7.87. The molecule has 0 spiro atoms. The predicted molar refractivity (Wildman–Crippen MR) is 96.7 cm³/mol. The topological polar surface area (TPSA) is 70.5 Å². The number of pyridine rings is 2. The lowest BCUT2D eigenvalue weighted by molar-refractivity contribution is -0.120. The van der Waals surface area contributed by atoms with E-state index < -0.39 is 0 Å². The number of halogens is 1. The Hall–Kier alpha value is -1.93. The zero-order valence-electron chi connectivity index (χ0n) is 13.7. The molecule has 0 aromatic carbocycles. The normalized spacial score (nSPS) is 23.4. The van der Waals surface area contributed by atoms with Crippen LogP contribution in [0.1, 0.15) is 6.92 Å². The minimum atomic E-state index is -0.310. The molecule has 24 heavy (non-hydrogen) atoms. The van der Waals surface area contributed by atoms with Crippen molar-refractivity contribution in [2.45, 2.75) is 19.0 Å². The fourth-order valence-electron chi connectivity index (χ4n) is 3.64. The number of likely N-dealkylation sites (N-methyl/N-ethyl adjacent to an activating group) is 1. The molecule has 1 saturated heterocycles. The zero-order valence-corrected chi connectivity index (χ0v) is 15.3. The molecule has 8 heteroatoms. The van der Waals surface area contributed by atoms with Gasteiger partial charge in [0.25, 0.3) is 11.5 Å². The Kier molecular flexibility index (Phi) is 3.43. The Morgan fingerprint density at radius 1 is 1.25 bits per heavy atom. The molecule has 7 nitrogen and oxygen atoms in total. The van der Waals surface area contributed by atoms with Crippen LogP contribution in [0.25, 0.3) is 11.0 Å². The molecule has 0 saturated carbocycles. The predicted octanol–water partition coefficient (Wildman–Crippen LogP) is 0.839. The van der Waals surface area contributed by atoms with Crippen molar-refractivity contribution in [1.82, 2.24) is 14.9 Å². The molecule has 0 radical (unpaired) electrons. The number of nitrogens with zero attached hydrogens (tertiary/aromatic N) is 4. The van der Waals surface area contributed by atoms with Gasteiger partial charge in [-0.15, -0.1) is 0 Å². The third kappa shape index (κ3) is 2.02. The molecule has 0 aliphatic carbocycles. The van der Waals surface area contributed by atoms with E-state index in [1.165, 1.54) is 4.90 Å². The second kappa shape index (κ2) is 5.29. The van der Waals surface area contributed by atoms with Gasteiger partial charge in [-0.2, -0.15) is 0 Å². The standard InChI is InChI=1S/C16H18BrN5O2/c1-8-7-22-10(6-18-8)15(23)21(3)14-13(22)12-9(20(2)16(14)24)4-5-11(17)19-12/h4-5,8,10,18H,6-7H2,1-3H3/t8-,10-/m1/s1. The molecule has 2 aliphatic heterocycles. The highest BCUT2D eigenvalue weighted by Crippen LogP contribution is 2.39.